The lowest BCUT2D eigenvalue weighted by Gasteiger charge is -2.36. The Kier molecular flexibility index (Phi) is 4.34. The van der Waals surface area contributed by atoms with Crippen LogP contribution < -0.4 is 5.01 Å². The maximum absolute atomic E-state index is 14.2. The molecule has 0 fully saturated rings. The van der Waals surface area contributed by atoms with Crippen molar-refractivity contribution in [2.24, 2.45) is 5.10 Å². The molecule has 0 bridgehead atoms. The maximum Gasteiger partial charge on any atom is 0.201 e. The number of para-hydroxylation sites is 1. The van der Waals surface area contributed by atoms with E-state index in [2.05, 4.69) is 0 Å². The van der Waals surface area contributed by atoms with Crippen LogP contribution >= 0.6 is 0 Å². The highest BCUT2D eigenvalue weighted by atomic mass is 16.2. The molecule has 1 spiro atoms. The van der Waals surface area contributed by atoms with Crippen LogP contribution in [0.4, 0.5) is 5.69 Å². The molecule has 1 aliphatic carbocycles. The molecule has 33 heavy (non-hydrogen) atoms. The lowest BCUT2D eigenvalue weighted by molar-refractivity contribution is 0.0791. The third kappa shape index (κ3) is 2.67. The summed E-state index contributed by atoms with van der Waals surface area (Å²) >= 11 is 0. The van der Waals surface area contributed by atoms with Gasteiger partial charge in [-0.15, -0.1) is 0 Å². The van der Waals surface area contributed by atoms with Gasteiger partial charge in [0.05, 0.1) is 17.3 Å². The first-order valence-electron chi connectivity index (χ1n) is 11.0. The van der Waals surface area contributed by atoms with Gasteiger partial charge in [-0.25, -0.2) is 5.01 Å². The second kappa shape index (κ2) is 7.38. The second-order valence-electron chi connectivity index (χ2n) is 8.31. The van der Waals surface area contributed by atoms with Gasteiger partial charge in [-0.1, -0.05) is 103 Å². The molecule has 2 aliphatic rings. The molecule has 1 heterocycles. The molecular formula is C29H20N2O2. The van der Waals surface area contributed by atoms with Crippen molar-refractivity contribution >= 4 is 23.0 Å². The van der Waals surface area contributed by atoms with Crippen molar-refractivity contribution in [2.45, 2.75) is 11.5 Å². The molecule has 1 unspecified atom stereocenters. The van der Waals surface area contributed by atoms with Gasteiger partial charge >= 0.3 is 0 Å². The largest absolute Gasteiger partial charge is 0.291 e. The molecule has 4 aromatic carbocycles. The fourth-order valence-corrected chi connectivity index (χ4v) is 5.12. The van der Waals surface area contributed by atoms with Crippen molar-refractivity contribution in [3.63, 3.8) is 0 Å². The van der Waals surface area contributed by atoms with E-state index < -0.39 is 11.5 Å². The average molecular weight is 428 g/mol. The van der Waals surface area contributed by atoms with E-state index in [1.54, 1.807) is 29.3 Å². The number of carbonyl (C=O) groups excluding carboxylic acids is 2. The van der Waals surface area contributed by atoms with Crippen LogP contribution in [0.2, 0.25) is 0 Å². The molecule has 0 saturated heterocycles. The van der Waals surface area contributed by atoms with Crippen LogP contribution in [0.5, 0.6) is 0 Å². The summed E-state index contributed by atoms with van der Waals surface area (Å²) in [6.07, 6.45) is 0. The zero-order valence-electron chi connectivity index (χ0n) is 17.8. The number of Topliss-reactive ketones (excluding diaryl/α,β-unsaturated/α-hetero) is 2. The molecule has 0 radical (unpaired) electrons. The number of hydrazone groups is 1. The van der Waals surface area contributed by atoms with Crippen molar-refractivity contribution in [3.8, 4) is 0 Å². The number of hydrogen-bond donors (Lipinski definition) is 0. The molecule has 4 nitrogen and oxygen atoms in total. The molecule has 6 rings (SSSR count). The van der Waals surface area contributed by atoms with Crippen LogP contribution in [0.3, 0.4) is 0 Å². The predicted molar refractivity (Wildman–Crippen MR) is 129 cm³/mol. The number of ketones is 2. The van der Waals surface area contributed by atoms with Gasteiger partial charge in [0.1, 0.15) is 0 Å². The van der Waals surface area contributed by atoms with Crippen LogP contribution in [0.15, 0.2) is 120 Å². The lowest BCUT2D eigenvalue weighted by atomic mass is 9.72. The van der Waals surface area contributed by atoms with E-state index >= 15 is 0 Å². The van der Waals surface area contributed by atoms with E-state index in [1.165, 1.54) is 0 Å². The second-order valence-corrected chi connectivity index (χ2v) is 8.31. The number of carbonyl (C=O) groups is 2. The van der Waals surface area contributed by atoms with Crippen LogP contribution in [0.1, 0.15) is 37.8 Å². The third-order valence-corrected chi connectivity index (χ3v) is 6.54. The third-order valence-electron chi connectivity index (χ3n) is 6.54. The Morgan fingerprint density at radius 2 is 1.09 bits per heavy atom. The van der Waals surface area contributed by atoms with E-state index in [-0.39, 0.29) is 11.6 Å². The lowest BCUT2D eigenvalue weighted by Crippen LogP contribution is -2.57. The molecule has 4 heteroatoms. The minimum Gasteiger partial charge on any atom is -0.291 e. The summed E-state index contributed by atoms with van der Waals surface area (Å²) in [6.45, 7) is 0. The Bertz CT molecular complexity index is 1360. The standard InChI is InChI=1S/C29H20N2O2/c32-27-23-18-10-11-19-24(23)28(33)29(27)25(20-12-4-1-5-13-20)26(21-14-6-2-7-15-21)30-31(29)22-16-8-3-9-17-22/h1-19,25H. The van der Waals surface area contributed by atoms with Gasteiger partial charge < -0.3 is 0 Å². The summed E-state index contributed by atoms with van der Waals surface area (Å²) < 4.78 is 0. The van der Waals surface area contributed by atoms with Crippen LogP contribution in [-0.4, -0.2) is 22.8 Å². The molecule has 0 amide bonds. The number of benzene rings is 4. The smallest absolute Gasteiger partial charge is 0.201 e. The number of nitrogens with zero attached hydrogens (tertiary/aromatic N) is 2. The minimum absolute atomic E-state index is 0.213. The zero-order valence-corrected chi connectivity index (χ0v) is 17.8. The van der Waals surface area contributed by atoms with Gasteiger partial charge in [0.25, 0.3) is 0 Å². The maximum atomic E-state index is 14.2. The van der Waals surface area contributed by atoms with Crippen molar-refractivity contribution in [3.05, 3.63) is 138 Å². The monoisotopic (exact) mass is 428 g/mol. The zero-order chi connectivity index (χ0) is 22.4. The Balaban J connectivity index is 1.68. The van der Waals surface area contributed by atoms with Gasteiger partial charge in [-0.2, -0.15) is 5.10 Å². The minimum atomic E-state index is -1.52. The van der Waals surface area contributed by atoms with E-state index in [1.807, 2.05) is 91.0 Å². The van der Waals surface area contributed by atoms with E-state index in [4.69, 9.17) is 5.10 Å². The van der Waals surface area contributed by atoms with Gasteiger partial charge in [-0.05, 0) is 23.3 Å². The molecule has 0 aromatic heterocycles. The van der Waals surface area contributed by atoms with Crippen molar-refractivity contribution < 1.29 is 9.59 Å². The molecule has 1 aliphatic heterocycles. The summed E-state index contributed by atoms with van der Waals surface area (Å²) in [7, 11) is 0. The number of hydrogen-bond acceptors (Lipinski definition) is 4. The first kappa shape index (κ1) is 19.4. The fraction of sp³-hybridized carbons (Fsp3) is 0.0690. The topological polar surface area (TPSA) is 49.7 Å². The van der Waals surface area contributed by atoms with Crippen LogP contribution in [0, 0.1) is 0 Å². The van der Waals surface area contributed by atoms with Crippen molar-refractivity contribution in [1.82, 2.24) is 0 Å². The molecule has 1 atom stereocenters. The number of anilines is 1. The average Bonchev–Trinajstić information content (AvgIpc) is 3.36. The van der Waals surface area contributed by atoms with E-state index in [9.17, 15) is 9.59 Å². The van der Waals surface area contributed by atoms with E-state index in [0.29, 0.717) is 22.5 Å². The summed E-state index contributed by atoms with van der Waals surface area (Å²) in [5.41, 5.74) is 2.58. The summed E-state index contributed by atoms with van der Waals surface area (Å²) in [6, 6.07) is 36.2. The Morgan fingerprint density at radius 3 is 1.67 bits per heavy atom. The normalized spacial score (nSPS) is 18.5. The molecular weight excluding hydrogens is 408 g/mol. The number of fused-ring (bicyclic) bond motifs is 1. The Morgan fingerprint density at radius 1 is 0.606 bits per heavy atom. The van der Waals surface area contributed by atoms with Crippen molar-refractivity contribution in [1.29, 1.82) is 0 Å². The van der Waals surface area contributed by atoms with Gasteiger partial charge in [0, 0.05) is 11.1 Å². The van der Waals surface area contributed by atoms with Crippen LogP contribution in [0.25, 0.3) is 0 Å². The first-order chi connectivity index (χ1) is 16.2. The highest BCUT2D eigenvalue weighted by Gasteiger charge is 2.66. The quantitative estimate of drug-likeness (QED) is 0.404. The summed E-state index contributed by atoms with van der Waals surface area (Å²) in [4.78, 5) is 28.5. The van der Waals surface area contributed by atoms with Gasteiger partial charge in [-0.3, -0.25) is 9.59 Å². The highest BCUT2D eigenvalue weighted by Crippen LogP contribution is 2.51. The molecule has 0 saturated carbocycles. The molecule has 0 N–H and O–H groups in total. The van der Waals surface area contributed by atoms with Gasteiger partial charge in [0.15, 0.2) is 11.6 Å². The van der Waals surface area contributed by atoms with Gasteiger partial charge in [0.2, 0.25) is 5.54 Å². The Hall–Kier alpha value is -4.31. The molecule has 4 aromatic rings. The van der Waals surface area contributed by atoms with Crippen LogP contribution in [-0.2, 0) is 0 Å². The SMILES string of the molecule is O=C1c2ccccc2C(=O)C12C(c1ccccc1)C(c1ccccc1)=NN2c1ccccc1. The fourth-order valence-electron chi connectivity index (χ4n) is 5.12. The summed E-state index contributed by atoms with van der Waals surface area (Å²) in [5, 5.41) is 6.68. The van der Waals surface area contributed by atoms with Crippen molar-refractivity contribution in [2.75, 3.05) is 5.01 Å². The predicted octanol–water partition coefficient (Wildman–Crippen LogP) is 5.51. The highest BCUT2D eigenvalue weighted by molar-refractivity contribution is 6.38. The first-order valence-corrected chi connectivity index (χ1v) is 11.0. The summed E-state index contributed by atoms with van der Waals surface area (Å²) in [5.74, 6) is -0.986. The number of rotatable bonds is 3. The molecule has 158 valence electrons. The van der Waals surface area contributed by atoms with E-state index in [0.717, 1.165) is 11.1 Å². The Labute approximate surface area is 191 Å².